The molecule has 5 nitrogen and oxygen atoms in total. The highest BCUT2D eigenvalue weighted by Gasteiger charge is 2.11. The van der Waals surface area contributed by atoms with Gasteiger partial charge in [0.2, 0.25) is 5.91 Å². The summed E-state index contributed by atoms with van der Waals surface area (Å²) in [5.74, 6) is 1.66. The Bertz CT molecular complexity index is 688. The lowest BCUT2D eigenvalue weighted by Crippen LogP contribution is -2.25. The summed E-state index contributed by atoms with van der Waals surface area (Å²) in [5.41, 5.74) is 0. The fourth-order valence-corrected chi connectivity index (χ4v) is 3.63. The van der Waals surface area contributed by atoms with Gasteiger partial charge in [-0.2, -0.15) is 5.10 Å². The van der Waals surface area contributed by atoms with Crippen LogP contribution in [0.3, 0.4) is 0 Å². The van der Waals surface area contributed by atoms with Crippen LogP contribution in [-0.4, -0.2) is 27.2 Å². The summed E-state index contributed by atoms with van der Waals surface area (Å²) in [6.07, 6.45) is 6.49. The smallest absolute Gasteiger partial charge is 0.221 e. The van der Waals surface area contributed by atoms with E-state index >= 15 is 0 Å². The first-order valence-electron chi connectivity index (χ1n) is 9.03. The number of aromatic nitrogens is 3. The number of hydrogen-bond acceptors (Lipinski definition) is 4. The van der Waals surface area contributed by atoms with Crippen molar-refractivity contribution in [3.05, 3.63) is 22.3 Å². The Labute approximate surface area is 158 Å². The first-order valence-corrected chi connectivity index (χ1v) is 10.3. The predicted molar refractivity (Wildman–Crippen MR) is 106 cm³/mol. The van der Waals surface area contributed by atoms with E-state index in [1.165, 1.54) is 25.7 Å². The second kappa shape index (κ2) is 10.5. The molecule has 2 aromatic rings. The summed E-state index contributed by atoms with van der Waals surface area (Å²) >= 11 is 6.89. The van der Waals surface area contributed by atoms with E-state index in [1.54, 1.807) is 11.3 Å². The standard InChI is InChI=1S/C18H28N4OS2/c1-14(2)8-5-3-4-6-11-19-16(23)10-12-22-17(20-21-18(22)24)15-9-7-13-25-15/h7,9,13-14H,3-6,8,10-12H2,1-2H3,(H,19,23)(H,21,24). The van der Waals surface area contributed by atoms with Crippen LogP contribution in [-0.2, 0) is 11.3 Å². The van der Waals surface area contributed by atoms with Gasteiger partial charge in [0, 0.05) is 19.5 Å². The maximum Gasteiger partial charge on any atom is 0.221 e. The molecule has 0 saturated heterocycles. The van der Waals surface area contributed by atoms with Crippen molar-refractivity contribution in [2.45, 2.75) is 58.9 Å². The van der Waals surface area contributed by atoms with Crippen LogP contribution in [0.4, 0.5) is 0 Å². The van der Waals surface area contributed by atoms with E-state index in [0.717, 1.165) is 29.6 Å². The van der Waals surface area contributed by atoms with Crippen LogP contribution in [0.5, 0.6) is 0 Å². The zero-order valence-corrected chi connectivity index (χ0v) is 16.7. The fourth-order valence-electron chi connectivity index (χ4n) is 2.68. The van der Waals surface area contributed by atoms with Crippen molar-refractivity contribution in [1.82, 2.24) is 20.1 Å². The van der Waals surface area contributed by atoms with Crippen molar-refractivity contribution in [1.29, 1.82) is 0 Å². The maximum absolute atomic E-state index is 12.0. The number of unbranched alkanes of at least 4 members (excludes halogenated alkanes) is 3. The van der Waals surface area contributed by atoms with E-state index in [4.69, 9.17) is 12.2 Å². The highest BCUT2D eigenvalue weighted by Crippen LogP contribution is 2.22. The molecule has 0 saturated carbocycles. The van der Waals surface area contributed by atoms with Crippen LogP contribution in [0.2, 0.25) is 0 Å². The normalized spacial score (nSPS) is 11.2. The molecule has 0 aromatic carbocycles. The largest absolute Gasteiger partial charge is 0.356 e. The van der Waals surface area contributed by atoms with Crippen LogP contribution in [0.1, 0.15) is 52.4 Å². The first-order chi connectivity index (χ1) is 12.1. The Kier molecular flexibility index (Phi) is 8.34. The number of nitrogens with one attached hydrogen (secondary N) is 2. The number of nitrogens with zero attached hydrogens (tertiary/aromatic N) is 2. The van der Waals surface area contributed by atoms with Gasteiger partial charge in [-0.3, -0.25) is 14.5 Å². The molecular weight excluding hydrogens is 352 g/mol. The van der Waals surface area contributed by atoms with E-state index in [0.29, 0.717) is 17.7 Å². The van der Waals surface area contributed by atoms with E-state index in [-0.39, 0.29) is 5.91 Å². The van der Waals surface area contributed by atoms with Gasteiger partial charge < -0.3 is 5.32 Å². The molecule has 7 heteroatoms. The number of aromatic amines is 1. The minimum Gasteiger partial charge on any atom is -0.356 e. The third-order valence-corrected chi connectivity index (χ3v) is 5.27. The fraction of sp³-hybridized carbons (Fsp3) is 0.611. The van der Waals surface area contributed by atoms with Crippen LogP contribution in [0, 0.1) is 10.7 Å². The number of hydrogen-bond donors (Lipinski definition) is 2. The number of rotatable bonds is 11. The molecule has 0 aliphatic heterocycles. The van der Waals surface area contributed by atoms with Crippen LogP contribution in [0.15, 0.2) is 17.5 Å². The van der Waals surface area contributed by atoms with Crippen LogP contribution >= 0.6 is 23.6 Å². The average Bonchev–Trinajstić information content (AvgIpc) is 3.21. The monoisotopic (exact) mass is 380 g/mol. The summed E-state index contributed by atoms with van der Waals surface area (Å²) in [7, 11) is 0. The predicted octanol–water partition coefficient (Wildman–Crippen LogP) is 4.78. The van der Waals surface area contributed by atoms with E-state index in [1.807, 2.05) is 22.1 Å². The lowest BCUT2D eigenvalue weighted by Gasteiger charge is -2.08. The van der Waals surface area contributed by atoms with Gasteiger partial charge in [-0.05, 0) is 36.0 Å². The molecule has 0 spiro atoms. The molecule has 2 N–H and O–H groups in total. The summed E-state index contributed by atoms with van der Waals surface area (Å²) in [4.78, 5) is 13.1. The SMILES string of the molecule is CC(C)CCCCCCNC(=O)CCn1c(-c2cccs2)n[nH]c1=S. The molecule has 0 fully saturated rings. The Balaban J connectivity index is 1.67. The van der Waals surface area contributed by atoms with Gasteiger partial charge in [-0.25, -0.2) is 0 Å². The molecule has 0 bridgehead atoms. The molecule has 0 radical (unpaired) electrons. The minimum absolute atomic E-state index is 0.0717. The molecule has 138 valence electrons. The molecule has 2 rings (SSSR count). The van der Waals surface area contributed by atoms with Crippen molar-refractivity contribution in [3.63, 3.8) is 0 Å². The minimum atomic E-state index is 0.0717. The van der Waals surface area contributed by atoms with Gasteiger partial charge in [0.05, 0.1) is 4.88 Å². The van der Waals surface area contributed by atoms with E-state index < -0.39 is 0 Å². The maximum atomic E-state index is 12.0. The zero-order chi connectivity index (χ0) is 18.1. The Morgan fingerprint density at radius 1 is 1.36 bits per heavy atom. The number of amides is 1. The average molecular weight is 381 g/mol. The van der Waals surface area contributed by atoms with Gasteiger partial charge >= 0.3 is 0 Å². The van der Waals surface area contributed by atoms with Gasteiger partial charge in [0.25, 0.3) is 0 Å². The van der Waals surface area contributed by atoms with Gasteiger partial charge in [-0.15, -0.1) is 11.3 Å². The van der Waals surface area contributed by atoms with E-state index in [9.17, 15) is 4.79 Å². The lowest BCUT2D eigenvalue weighted by atomic mass is 10.0. The summed E-state index contributed by atoms with van der Waals surface area (Å²) in [5, 5.41) is 12.1. The first kappa shape index (κ1) is 19.8. The zero-order valence-electron chi connectivity index (χ0n) is 15.1. The molecule has 0 atom stereocenters. The Hall–Kier alpha value is -1.47. The lowest BCUT2D eigenvalue weighted by molar-refractivity contribution is -0.121. The molecule has 2 aromatic heterocycles. The van der Waals surface area contributed by atoms with E-state index in [2.05, 4.69) is 29.4 Å². The van der Waals surface area contributed by atoms with Crippen molar-refractivity contribution in [3.8, 4) is 10.7 Å². The summed E-state index contributed by atoms with van der Waals surface area (Å²) in [6.45, 7) is 5.82. The molecule has 0 aliphatic rings. The highest BCUT2D eigenvalue weighted by atomic mass is 32.1. The number of carbonyl (C=O) groups is 1. The quantitative estimate of drug-likeness (QED) is 0.435. The number of H-pyrrole nitrogens is 1. The topological polar surface area (TPSA) is 62.7 Å². The van der Waals surface area contributed by atoms with Gasteiger partial charge in [0.1, 0.15) is 0 Å². The van der Waals surface area contributed by atoms with Crippen LogP contribution in [0.25, 0.3) is 10.7 Å². The second-order valence-corrected chi connectivity index (χ2v) is 8.01. The molecule has 0 unspecified atom stereocenters. The van der Waals surface area contributed by atoms with Crippen molar-refractivity contribution in [2.75, 3.05) is 6.54 Å². The molecule has 25 heavy (non-hydrogen) atoms. The highest BCUT2D eigenvalue weighted by molar-refractivity contribution is 7.71. The third-order valence-electron chi connectivity index (χ3n) is 4.09. The Morgan fingerprint density at radius 2 is 2.16 bits per heavy atom. The molecule has 2 heterocycles. The summed E-state index contributed by atoms with van der Waals surface area (Å²) in [6, 6.07) is 3.99. The van der Waals surface area contributed by atoms with Crippen molar-refractivity contribution < 1.29 is 4.79 Å². The molecule has 0 aliphatic carbocycles. The molecular formula is C18H28N4OS2. The van der Waals surface area contributed by atoms with Gasteiger partial charge in [0.15, 0.2) is 10.6 Å². The van der Waals surface area contributed by atoms with Crippen LogP contribution < -0.4 is 5.32 Å². The Morgan fingerprint density at radius 3 is 2.88 bits per heavy atom. The molecule has 1 amide bonds. The number of carbonyl (C=O) groups excluding carboxylic acids is 1. The van der Waals surface area contributed by atoms with Crippen molar-refractivity contribution >= 4 is 29.5 Å². The number of thiophene rings is 1. The van der Waals surface area contributed by atoms with Crippen molar-refractivity contribution in [2.24, 2.45) is 5.92 Å². The second-order valence-electron chi connectivity index (χ2n) is 6.68. The third kappa shape index (κ3) is 6.74. The summed E-state index contributed by atoms with van der Waals surface area (Å²) < 4.78 is 2.45. The van der Waals surface area contributed by atoms with Gasteiger partial charge in [-0.1, -0.05) is 45.6 Å².